The minimum absolute atomic E-state index is 0.725. The molecule has 0 N–H and O–H groups in total. The first-order valence-electron chi connectivity index (χ1n) is 10.3. The van der Waals surface area contributed by atoms with Crippen LogP contribution < -0.4 is 0 Å². The number of aromatic nitrogens is 3. The molecule has 1 saturated heterocycles. The second kappa shape index (κ2) is 8.12. The van der Waals surface area contributed by atoms with Gasteiger partial charge in [0.15, 0.2) is 5.65 Å². The monoisotopic (exact) mass is 437 g/mol. The molecule has 1 fully saturated rings. The van der Waals surface area contributed by atoms with E-state index in [2.05, 4.69) is 63.6 Å². The third kappa shape index (κ3) is 3.76. The Hall–Kier alpha value is -2.25. The van der Waals surface area contributed by atoms with Crippen LogP contribution in [0.5, 0.6) is 0 Å². The summed E-state index contributed by atoms with van der Waals surface area (Å²) in [6, 6.07) is 18.6. The van der Waals surface area contributed by atoms with Gasteiger partial charge in [-0.1, -0.05) is 41.9 Å². The quantitative estimate of drug-likeness (QED) is 0.430. The summed E-state index contributed by atoms with van der Waals surface area (Å²) in [6.45, 7) is 7.89. The molecule has 0 bridgehead atoms. The van der Waals surface area contributed by atoms with E-state index in [9.17, 15) is 0 Å². The fourth-order valence-corrected chi connectivity index (χ4v) is 4.65. The maximum Gasteiger partial charge on any atom is 0.204 e. The van der Waals surface area contributed by atoms with Crippen LogP contribution in [-0.4, -0.2) is 50.2 Å². The largest absolute Gasteiger partial charge is 0.297 e. The fraction of sp³-hybridized carbons (Fsp3) is 0.304. The lowest BCUT2D eigenvalue weighted by Crippen LogP contribution is -2.46. The molecule has 3 heterocycles. The van der Waals surface area contributed by atoms with Gasteiger partial charge >= 0.3 is 0 Å². The number of nitrogens with zero attached hydrogens (tertiary/aromatic N) is 5. The molecule has 2 aromatic heterocycles. The maximum absolute atomic E-state index is 5.99. The van der Waals surface area contributed by atoms with E-state index in [0.29, 0.717) is 0 Å². The molecule has 2 aromatic carbocycles. The molecule has 5 nitrogen and oxygen atoms in total. The van der Waals surface area contributed by atoms with Crippen LogP contribution in [0.1, 0.15) is 11.1 Å². The Balaban J connectivity index is 1.31. The number of fused-ring (bicyclic) bond motifs is 3. The van der Waals surface area contributed by atoms with Gasteiger partial charge in [-0.15, -0.1) is 0 Å². The number of halogens is 1. The van der Waals surface area contributed by atoms with Crippen molar-refractivity contribution in [3.05, 3.63) is 75.5 Å². The number of aryl methyl sites for hydroxylation is 1. The van der Waals surface area contributed by atoms with E-state index in [1.54, 1.807) is 0 Å². The zero-order valence-corrected chi connectivity index (χ0v) is 18.5. The van der Waals surface area contributed by atoms with Crippen molar-refractivity contribution in [2.24, 2.45) is 0 Å². The van der Waals surface area contributed by atoms with Crippen molar-refractivity contribution in [1.82, 2.24) is 24.0 Å². The molecule has 1 aliphatic rings. The Kier molecular flexibility index (Phi) is 5.33. The van der Waals surface area contributed by atoms with Gasteiger partial charge in [0.05, 0.1) is 12.2 Å². The summed E-state index contributed by atoms with van der Waals surface area (Å²) in [5.74, 6) is 0. The molecule has 4 aromatic rings. The van der Waals surface area contributed by atoms with Gasteiger partial charge in [0.2, 0.25) is 4.77 Å². The van der Waals surface area contributed by atoms with Crippen LogP contribution in [0.2, 0.25) is 5.02 Å². The lowest BCUT2D eigenvalue weighted by Gasteiger charge is -2.34. The minimum Gasteiger partial charge on any atom is -0.297 e. The van der Waals surface area contributed by atoms with Crippen LogP contribution in [0.4, 0.5) is 0 Å². The lowest BCUT2D eigenvalue weighted by molar-refractivity contribution is 0.0983. The third-order valence-electron chi connectivity index (χ3n) is 5.90. The molecule has 0 amide bonds. The summed E-state index contributed by atoms with van der Waals surface area (Å²) in [5, 5.41) is 6.83. The van der Waals surface area contributed by atoms with E-state index >= 15 is 0 Å². The van der Waals surface area contributed by atoms with Gasteiger partial charge in [-0.05, 0) is 54.5 Å². The van der Waals surface area contributed by atoms with Crippen molar-refractivity contribution >= 4 is 40.4 Å². The van der Waals surface area contributed by atoms with E-state index in [4.69, 9.17) is 28.9 Å². The number of rotatable bonds is 4. The number of pyridine rings is 1. The van der Waals surface area contributed by atoms with Gasteiger partial charge in [-0.25, -0.2) is 4.68 Å². The minimum atomic E-state index is 0.725. The molecule has 0 atom stereocenters. The highest BCUT2D eigenvalue weighted by atomic mass is 35.5. The second-order valence-electron chi connectivity index (χ2n) is 7.98. The molecule has 0 radical (unpaired) electrons. The van der Waals surface area contributed by atoms with Crippen LogP contribution >= 0.6 is 23.8 Å². The first-order valence-corrected chi connectivity index (χ1v) is 11.0. The van der Waals surface area contributed by atoms with Crippen LogP contribution in [0, 0.1) is 11.7 Å². The Labute approximate surface area is 186 Å². The average Bonchev–Trinajstić information content (AvgIpc) is 3.06. The molecule has 0 saturated carbocycles. The van der Waals surface area contributed by atoms with E-state index in [1.807, 2.05) is 16.8 Å². The molecule has 0 aliphatic carbocycles. The molecular formula is C23H24ClN5S. The highest BCUT2D eigenvalue weighted by Gasteiger charge is 2.19. The molecular weight excluding hydrogens is 414 g/mol. The molecule has 0 spiro atoms. The number of hydrogen-bond donors (Lipinski definition) is 0. The smallest absolute Gasteiger partial charge is 0.204 e. The SMILES string of the molecule is Cc1cc2nn(CN3CCN(Cc4ccc(Cl)cc4)CC3)c(=S)n2c2ccccc12. The summed E-state index contributed by atoms with van der Waals surface area (Å²) < 4.78 is 4.81. The van der Waals surface area contributed by atoms with E-state index in [-0.39, 0.29) is 0 Å². The van der Waals surface area contributed by atoms with Crippen molar-refractivity contribution in [2.75, 3.05) is 26.2 Å². The predicted molar refractivity (Wildman–Crippen MR) is 125 cm³/mol. The Morgan fingerprint density at radius 3 is 2.43 bits per heavy atom. The maximum atomic E-state index is 5.99. The normalized spacial score (nSPS) is 15.9. The number of hydrogen-bond acceptors (Lipinski definition) is 4. The van der Waals surface area contributed by atoms with E-state index in [0.717, 1.165) is 60.4 Å². The van der Waals surface area contributed by atoms with Crippen LogP contribution in [-0.2, 0) is 13.2 Å². The Morgan fingerprint density at radius 2 is 1.67 bits per heavy atom. The van der Waals surface area contributed by atoms with Crippen LogP contribution in [0.15, 0.2) is 54.6 Å². The van der Waals surface area contributed by atoms with Crippen molar-refractivity contribution in [1.29, 1.82) is 0 Å². The van der Waals surface area contributed by atoms with Gasteiger partial charge < -0.3 is 0 Å². The molecule has 0 unspecified atom stereocenters. The number of para-hydroxylation sites is 1. The fourth-order valence-electron chi connectivity index (χ4n) is 4.24. The average molecular weight is 438 g/mol. The molecule has 154 valence electrons. The van der Waals surface area contributed by atoms with Gasteiger partial charge in [-0.2, -0.15) is 5.10 Å². The molecule has 1 aliphatic heterocycles. The van der Waals surface area contributed by atoms with Crippen molar-refractivity contribution in [3.8, 4) is 0 Å². The molecule has 5 rings (SSSR count). The standard InChI is InChI=1S/C23H24ClN5S/c1-17-14-22-25-28(23(30)29(22)21-5-3-2-4-20(17)21)16-27-12-10-26(11-13-27)15-18-6-8-19(24)9-7-18/h2-9,14H,10-13,15-16H2,1H3. The van der Waals surface area contributed by atoms with E-state index < -0.39 is 0 Å². The molecule has 7 heteroatoms. The first-order chi connectivity index (χ1) is 14.6. The van der Waals surface area contributed by atoms with Crippen LogP contribution in [0.25, 0.3) is 16.6 Å². The van der Waals surface area contributed by atoms with Gasteiger partial charge in [0.1, 0.15) is 0 Å². The topological polar surface area (TPSA) is 28.7 Å². The Morgan fingerprint density at radius 1 is 0.967 bits per heavy atom. The number of piperazine rings is 1. The summed E-state index contributed by atoms with van der Waals surface area (Å²) in [5.41, 5.74) is 4.56. The van der Waals surface area contributed by atoms with Crippen molar-refractivity contribution in [3.63, 3.8) is 0 Å². The third-order valence-corrected chi connectivity index (χ3v) is 6.54. The summed E-state index contributed by atoms with van der Waals surface area (Å²) in [7, 11) is 0. The zero-order valence-electron chi connectivity index (χ0n) is 17.0. The Bertz CT molecular complexity index is 1250. The molecule has 30 heavy (non-hydrogen) atoms. The summed E-state index contributed by atoms with van der Waals surface area (Å²) in [6.07, 6.45) is 0. The first kappa shape index (κ1) is 19.7. The van der Waals surface area contributed by atoms with Crippen LogP contribution in [0.3, 0.4) is 0 Å². The number of benzene rings is 2. The zero-order chi connectivity index (χ0) is 20.7. The highest BCUT2D eigenvalue weighted by molar-refractivity contribution is 7.71. The highest BCUT2D eigenvalue weighted by Crippen LogP contribution is 2.21. The summed E-state index contributed by atoms with van der Waals surface area (Å²) >= 11 is 11.8. The van der Waals surface area contributed by atoms with E-state index in [1.165, 1.54) is 16.5 Å². The van der Waals surface area contributed by atoms with Gasteiger partial charge in [0.25, 0.3) is 0 Å². The second-order valence-corrected chi connectivity index (χ2v) is 8.78. The summed E-state index contributed by atoms with van der Waals surface area (Å²) in [4.78, 5) is 4.91. The predicted octanol–water partition coefficient (Wildman–Crippen LogP) is 4.76. The lowest BCUT2D eigenvalue weighted by atomic mass is 10.1. The van der Waals surface area contributed by atoms with Gasteiger partial charge in [-0.3, -0.25) is 14.2 Å². The van der Waals surface area contributed by atoms with Crippen molar-refractivity contribution in [2.45, 2.75) is 20.1 Å². The van der Waals surface area contributed by atoms with Gasteiger partial charge in [0, 0.05) is 43.1 Å². The van der Waals surface area contributed by atoms with Crippen molar-refractivity contribution < 1.29 is 0 Å².